The fourth-order valence-electron chi connectivity index (χ4n) is 2.14. The van der Waals surface area contributed by atoms with E-state index in [1.54, 1.807) is 0 Å². The Morgan fingerprint density at radius 3 is 1.71 bits per heavy atom. The molecule has 0 spiro atoms. The van der Waals surface area contributed by atoms with Crippen LogP contribution in [0.25, 0.3) is 0 Å². The van der Waals surface area contributed by atoms with Crippen molar-refractivity contribution in [3.63, 3.8) is 0 Å². The highest BCUT2D eigenvalue weighted by Gasteiger charge is 2.33. The normalized spacial score (nSPS) is 16.9. The molecular formula is C13H32O2Si2. The van der Waals surface area contributed by atoms with Gasteiger partial charge in [0.05, 0.1) is 8.07 Å². The van der Waals surface area contributed by atoms with E-state index in [1.165, 1.54) is 18.1 Å². The molecule has 0 heterocycles. The van der Waals surface area contributed by atoms with E-state index in [1.807, 2.05) is 0 Å². The van der Waals surface area contributed by atoms with Crippen molar-refractivity contribution in [2.24, 2.45) is 0 Å². The summed E-state index contributed by atoms with van der Waals surface area (Å²) >= 11 is 0. The summed E-state index contributed by atoms with van der Waals surface area (Å²) in [4.78, 5) is 0. The zero-order valence-electron chi connectivity index (χ0n) is 12.8. The largest absolute Gasteiger partial charge is 0.414 e. The van der Waals surface area contributed by atoms with Gasteiger partial charge in [-0.15, -0.1) is 0 Å². The van der Waals surface area contributed by atoms with Crippen LogP contribution < -0.4 is 0 Å². The molecule has 0 aliphatic carbocycles. The van der Waals surface area contributed by atoms with Gasteiger partial charge in [-0.25, -0.2) is 0 Å². The van der Waals surface area contributed by atoms with E-state index >= 15 is 0 Å². The molecule has 1 N–H and O–H groups in total. The molecule has 0 unspecified atom stereocenters. The number of rotatable bonds is 8. The van der Waals surface area contributed by atoms with Crippen molar-refractivity contribution in [2.75, 3.05) is 0 Å². The lowest BCUT2D eigenvalue weighted by Crippen LogP contribution is -2.44. The minimum Gasteiger partial charge on any atom is -0.414 e. The maximum absolute atomic E-state index is 10.2. The van der Waals surface area contributed by atoms with Crippen LogP contribution in [-0.4, -0.2) is 33.3 Å². The Labute approximate surface area is 110 Å². The maximum Gasteiger partial charge on any atom is 0.192 e. The predicted octanol–water partition coefficient (Wildman–Crippen LogP) is 4.03. The Hall–Kier alpha value is 0.354. The standard InChI is InChI=1S/C13H32O2Si2/c1-8-17(9-2,10-3)15-12(4)11-13(14)16(5,6)7/h12-14H,8-11H2,1-7H3/t12-,13-/m1/s1. The lowest BCUT2D eigenvalue weighted by Gasteiger charge is -2.34. The van der Waals surface area contributed by atoms with Crippen LogP contribution in [0.15, 0.2) is 0 Å². The summed E-state index contributed by atoms with van der Waals surface area (Å²) in [5, 5.41) is 10.2. The second kappa shape index (κ2) is 7.07. The van der Waals surface area contributed by atoms with Crippen LogP contribution >= 0.6 is 0 Å². The molecule has 0 saturated carbocycles. The molecule has 104 valence electrons. The molecule has 0 aliphatic heterocycles. The van der Waals surface area contributed by atoms with Crippen LogP contribution in [0.2, 0.25) is 37.8 Å². The van der Waals surface area contributed by atoms with E-state index in [0.29, 0.717) is 0 Å². The van der Waals surface area contributed by atoms with Gasteiger partial charge in [0.25, 0.3) is 0 Å². The molecule has 0 fully saturated rings. The van der Waals surface area contributed by atoms with Crippen LogP contribution in [0.1, 0.15) is 34.1 Å². The molecule has 2 atom stereocenters. The van der Waals surface area contributed by atoms with E-state index in [2.05, 4.69) is 47.3 Å². The van der Waals surface area contributed by atoms with Gasteiger partial charge in [0.15, 0.2) is 8.32 Å². The Morgan fingerprint density at radius 2 is 1.41 bits per heavy atom. The Bertz CT molecular complexity index is 202. The molecule has 0 saturated heterocycles. The van der Waals surface area contributed by atoms with Gasteiger partial charge in [-0.05, 0) is 31.5 Å². The molecule has 0 aromatic rings. The summed E-state index contributed by atoms with van der Waals surface area (Å²) in [6.07, 6.45) is 1.02. The van der Waals surface area contributed by atoms with E-state index < -0.39 is 16.4 Å². The Balaban J connectivity index is 4.39. The minimum absolute atomic E-state index is 0.144. The summed E-state index contributed by atoms with van der Waals surface area (Å²) < 4.78 is 6.35. The van der Waals surface area contributed by atoms with Crippen molar-refractivity contribution in [3.05, 3.63) is 0 Å². The molecule has 0 bridgehead atoms. The summed E-state index contributed by atoms with van der Waals surface area (Å²) in [6, 6.07) is 3.56. The van der Waals surface area contributed by atoms with Crippen LogP contribution in [0.5, 0.6) is 0 Å². The van der Waals surface area contributed by atoms with E-state index in [0.717, 1.165) is 6.42 Å². The third-order valence-corrected chi connectivity index (χ3v) is 10.9. The quantitative estimate of drug-likeness (QED) is 0.678. The Morgan fingerprint density at radius 1 is 1.00 bits per heavy atom. The average Bonchev–Trinajstić information content (AvgIpc) is 2.24. The highest BCUT2D eigenvalue weighted by Crippen LogP contribution is 2.25. The first-order chi connectivity index (χ1) is 7.70. The van der Waals surface area contributed by atoms with Crippen LogP contribution in [-0.2, 0) is 4.43 Å². The molecule has 0 amide bonds. The van der Waals surface area contributed by atoms with Crippen LogP contribution in [0, 0.1) is 0 Å². The second-order valence-electron chi connectivity index (χ2n) is 6.29. The van der Waals surface area contributed by atoms with Gasteiger partial charge >= 0.3 is 0 Å². The van der Waals surface area contributed by atoms with E-state index in [9.17, 15) is 5.11 Å². The zero-order chi connectivity index (χ0) is 13.7. The van der Waals surface area contributed by atoms with Gasteiger partial charge in [-0.3, -0.25) is 0 Å². The topological polar surface area (TPSA) is 29.5 Å². The number of aliphatic hydroxyl groups is 1. The average molecular weight is 277 g/mol. The smallest absolute Gasteiger partial charge is 0.192 e. The van der Waals surface area contributed by atoms with E-state index in [4.69, 9.17) is 4.43 Å². The predicted molar refractivity (Wildman–Crippen MR) is 81.7 cm³/mol. The maximum atomic E-state index is 10.2. The first kappa shape index (κ1) is 17.4. The van der Waals surface area contributed by atoms with Crippen molar-refractivity contribution in [2.45, 2.75) is 83.7 Å². The van der Waals surface area contributed by atoms with Gasteiger partial charge in [0, 0.05) is 11.8 Å². The monoisotopic (exact) mass is 276 g/mol. The van der Waals surface area contributed by atoms with E-state index in [-0.39, 0.29) is 11.8 Å². The highest BCUT2D eigenvalue weighted by molar-refractivity contribution is 6.77. The molecule has 0 rings (SSSR count). The van der Waals surface area contributed by atoms with Crippen molar-refractivity contribution in [1.82, 2.24) is 0 Å². The Kier molecular flexibility index (Phi) is 7.22. The lowest BCUT2D eigenvalue weighted by molar-refractivity contribution is 0.135. The number of hydrogen-bond acceptors (Lipinski definition) is 2. The summed E-state index contributed by atoms with van der Waals surface area (Å²) in [5.41, 5.74) is -0.144. The fourth-order valence-corrected chi connectivity index (χ4v) is 6.13. The zero-order valence-corrected chi connectivity index (χ0v) is 14.8. The SMILES string of the molecule is CC[Si](CC)(CC)O[C@H](C)C[C@H](O)[Si](C)(C)C. The summed E-state index contributed by atoms with van der Waals surface area (Å²) in [7, 11) is -2.94. The van der Waals surface area contributed by atoms with Gasteiger partial charge in [-0.2, -0.15) is 0 Å². The number of aliphatic hydroxyl groups excluding tert-OH is 1. The molecule has 17 heavy (non-hydrogen) atoms. The van der Waals surface area contributed by atoms with Gasteiger partial charge in [0.2, 0.25) is 0 Å². The van der Waals surface area contributed by atoms with Crippen LogP contribution in [0.4, 0.5) is 0 Å². The molecule has 2 nitrogen and oxygen atoms in total. The highest BCUT2D eigenvalue weighted by atomic mass is 28.4. The molecular weight excluding hydrogens is 244 g/mol. The second-order valence-corrected chi connectivity index (χ2v) is 16.4. The third kappa shape index (κ3) is 5.68. The van der Waals surface area contributed by atoms with Gasteiger partial charge < -0.3 is 9.53 Å². The fraction of sp³-hybridized carbons (Fsp3) is 1.00. The lowest BCUT2D eigenvalue weighted by atomic mass is 10.3. The first-order valence-corrected chi connectivity index (χ1v) is 13.2. The molecule has 0 aromatic carbocycles. The van der Waals surface area contributed by atoms with Gasteiger partial charge in [-0.1, -0.05) is 40.4 Å². The molecule has 0 aromatic heterocycles. The van der Waals surface area contributed by atoms with Crippen LogP contribution in [0.3, 0.4) is 0 Å². The minimum atomic E-state index is -1.50. The molecule has 4 heteroatoms. The van der Waals surface area contributed by atoms with Crippen molar-refractivity contribution in [3.8, 4) is 0 Å². The van der Waals surface area contributed by atoms with Crippen molar-refractivity contribution >= 4 is 16.4 Å². The summed E-state index contributed by atoms with van der Waals surface area (Å²) in [6.45, 7) is 15.5. The molecule has 0 aliphatic rings. The summed E-state index contributed by atoms with van der Waals surface area (Å²) in [5.74, 6) is 0. The first-order valence-electron chi connectivity index (χ1n) is 7.06. The molecule has 0 radical (unpaired) electrons. The number of hydrogen-bond donors (Lipinski definition) is 1. The van der Waals surface area contributed by atoms with Crippen molar-refractivity contribution < 1.29 is 9.53 Å². The van der Waals surface area contributed by atoms with Gasteiger partial charge in [0.1, 0.15) is 0 Å². The van der Waals surface area contributed by atoms with Crippen molar-refractivity contribution in [1.29, 1.82) is 0 Å². The third-order valence-electron chi connectivity index (χ3n) is 3.94.